The number of nitrogens with zero attached hydrogens (tertiary/aromatic N) is 2. The summed E-state index contributed by atoms with van der Waals surface area (Å²) in [7, 11) is 1.59. The molecule has 2 rings (SSSR count). The number of rotatable bonds is 3. The Morgan fingerprint density at radius 3 is 3.18 bits per heavy atom. The van der Waals surface area contributed by atoms with Gasteiger partial charge in [-0.2, -0.15) is 16.9 Å². The van der Waals surface area contributed by atoms with Gasteiger partial charge in [-0.25, -0.2) is 4.68 Å². The fraction of sp³-hybridized carbons (Fsp3) is 0.636. The van der Waals surface area contributed by atoms with E-state index < -0.39 is 0 Å². The predicted molar refractivity (Wildman–Crippen MR) is 73.1 cm³/mol. The number of anilines is 1. The summed E-state index contributed by atoms with van der Waals surface area (Å²) in [6.07, 6.45) is 5.45. The maximum absolute atomic E-state index is 11.6. The summed E-state index contributed by atoms with van der Waals surface area (Å²) >= 11 is 7.96. The number of thioether (sulfide) groups is 1. The highest BCUT2D eigenvalue weighted by Gasteiger charge is 2.14. The van der Waals surface area contributed by atoms with Gasteiger partial charge in [-0.1, -0.05) is 18.0 Å². The maximum atomic E-state index is 11.6. The van der Waals surface area contributed by atoms with Crippen molar-refractivity contribution in [3.05, 3.63) is 21.6 Å². The summed E-state index contributed by atoms with van der Waals surface area (Å²) in [5.41, 5.74) is 0.383. The van der Waals surface area contributed by atoms with E-state index in [1.165, 1.54) is 29.7 Å². The van der Waals surface area contributed by atoms with Crippen LogP contribution in [0.1, 0.15) is 19.3 Å². The first-order valence-corrected chi connectivity index (χ1v) is 7.18. The number of aromatic nitrogens is 2. The van der Waals surface area contributed by atoms with Gasteiger partial charge in [-0.15, -0.1) is 0 Å². The van der Waals surface area contributed by atoms with Crippen LogP contribution in [0.15, 0.2) is 11.0 Å². The monoisotopic (exact) mass is 273 g/mol. The van der Waals surface area contributed by atoms with Crippen LogP contribution < -0.4 is 10.9 Å². The smallest absolute Gasteiger partial charge is 0.287 e. The molecule has 0 saturated carbocycles. The molecule has 1 aromatic rings. The average Bonchev–Trinajstić information content (AvgIpc) is 2.36. The Kier molecular flexibility index (Phi) is 4.34. The molecule has 4 nitrogen and oxygen atoms in total. The van der Waals surface area contributed by atoms with E-state index in [9.17, 15) is 4.79 Å². The number of hydrogen-bond donors (Lipinski definition) is 1. The third kappa shape index (κ3) is 3.16. The van der Waals surface area contributed by atoms with Crippen LogP contribution in [0.4, 0.5) is 5.69 Å². The standard InChI is InChI=1S/C11H16ClN3OS/c1-15-11(16)10(12)9(7-14-15)13-6-8-4-2-3-5-17-8/h7-8,13H,2-6H2,1H3. The molecular formula is C11H16ClN3OS. The topological polar surface area (TPSA) is 46.9 Å². The van der Waals surface area contributed by atoms with E-state index >= 15 is 0 Å². The molecule has 1 unspecified atom stereocenters. The molecule has 1 aliphatic heterocycles. The zero-order chi connectivity index (χ0) is 12.3. The molecule has 0 aromatic carbocycles. The minimum atomic E-state index is -0.257. The Hall–Kier alpha value is -0.680. The minimum absolute atomic E-state index is 0.225. The minimum Gasteiger partial charge on any atom is -0.381 e. The molecular weight excluding hydrogens is 258 g/mol. The molecule has 0 aliphatic carbocycles. The Balaban J connectivity index is 1.99. The summed E-state index contributed by atoms with van der Waals surface area (Å²) in [5.74, 6) is 1.23. The fourth-order valence-corrected chi connectivity index (χ4v) is 3.30. The SMILES string of the molecule is Cn1ncc(NCC2CCCCS2)c(Cl)c1=O. The molecule has 0 spiro atoms. The van der Waals surface area contributed by atoms with Crippen LogP contribution >= 0.6 is 23.4 Å². The average molecular weight is 274 g/mol. The second kappa shape index (κ2) is 5.78. The molecule has 0 bridgehead atoms. The summed E-state index contributed by atoms with van der Waals surface area (Å²) < 4.78 is 1.24. The Morgan fingerprint density at radius 2 is 2.47 bits per heavy atom. The van der Waals surface area contributed by atoms with E-state index in [4.69, 9.17) is 11.6 Å². The van der Waals surface area contributed by atoms with Crippen molar-refractivity contribution in [1.29, 1.82) is 0 Å². The van der Waals surface area contributed by atoms with E-state index in [1.54, 1.807) is 13.2 Å². The quantitative estimate of drug-likeness (QED) is 0.917. The van der Waals surface area contributed by atoms with Crippen molar-refractivity contribution in [2.45, 2.75) is 24.5 Å². The van der Waals surface area contributed by atoms with E-state index in [0.29, 0.717) is 10.9 Å². The first-order valence-electron chi connectivity index (χ1n) is 5.76. The third-order valence-electron chi connectivity index (χ3n) is 2.87. The van der Waals surface area contributed by atoms with Gasteiger partial charge >= 0.3 is 0 Å². The molecule has 0 amide bonds. The molecule has 1 atom stereocenters. The Labute approximate surface area is 110 Å². The fourth-order valence-electron chi connectivity index (χ4n) is 1.83. The van der Waals surface area contributed by atoms with Crippen molar-refractivity contribution in [1.82, 2.24) is 9.78 Å². The van der Waals surface area contributed by atoms with Gasteiger partial charge in [0.25, 0.3) is 5.56 Å². The third-order valence-corrected chi connectivity index (χ3v) is 4.64. The van der Waals surface area contributed by atoms with Crippen molar-refractivity contribution < 1.29 is 0 Å². The lowest BCUT2D eigenvalue weighted by Gasteiger charge is -2.22. The zero-order valence-electron chi connectivity index (χ0n) is 9.78. The van der Waals surface area contributed by atoms with E-state index in [1.807, 2.05) is 11.8 Å². The van der Waals surface area contributed by atoms with Gasteiger partial charge in [0.2, 0.25) is 0 Å². The van der Waals surface area contributed by atoms with E-state index in [2.05, 4.69) is 10.4 Å². The van der Waals surface area contributed by atoms with Crippen LogP contribution in [0.2, 0.25) is 5.02 Å². The largest absolute Gasteiger partial charge is 0.381 e. The highest BCUT2D eigenvalue weighted by Crippen LogP contribution is 2.25. The van der Waals surface area contributed by atoms with Gasteiger partial charge in [0.15, 0.2) is 0 Å². The second-order valence-electron chi connectivity index (χ2n) is 4.17. The number of halogens is 1. The first kappa shape index (κ1) is 12.8. The van der Waals surface area contributed by atoms with E-state index in [0.717, 1.165) is 6.54 Å². The number of hydrogen-bond acceptors (Lipinski definition) is 4. The zero-order valence-corrected chi connectivity index (χ0v) is 11.4. The lowest BCUT2D eigenvalue weighted by Crippen LogP contribution is -2.24. The summed E-state index contributed by atoms with van der Waals surface area (Å²) in [4.78, 5) is 11.6. The molecule has 1 aromatic heterocycles. The van der Waals surface area contributed by atoms with Gasteiger partial charge in [0.05, 0.1) is 11.9 Å². The molecule has 1 aliphatic rings. The van der Waals surface area contributed by atoms with Crippen molar-refractivity contribution in [3.63, 3.8) is 0 Å². The molecule has 0 radical (unpaired) electrons. The van der Waals surface area contributed by atoms with Crippen molar-refractivity contribution >= 4 is 29.1 Å². The number of nitrogens with one attached hydrogen (secondary N) is 1. The van der Waals surface area contributed by atoms with Crippen LogP contribution in [0.3, 0.4) is 0 Å². The normalized spacial score (nSPS) is 20.2. The highest BCUT2D eigenvalue weighted by molar-refractivity contribution is 7.99. The summed E-state index contributed by atoms with van der Waals surface area (Å²) in [6, 6.07) is 0. The molecule has 1 N–H and O–H groups in total. The lowest BCUT2D eigenvalue weighted by atomic mass is 10.2. The number of aryl methyl sites for hydroxylation is 1. The predicted octanol–water partition coefficient (Wildman–Crippen LogP) is 2.13. The van der Waals surface area contributed by atoms with Gasteiger partial charge < -0.3 is 5.32 Å². The Bertz CT molecular complexity index is 443. The van der Waals surface area contributed by atoms with Crippen molar-refractivity contribution in [2.24, 2.45) is 7.05 Å². The molecule has 17 heavy (non-hydrogen) atoms. The molecule has 6 heteroatoms. The summed E-state index contributed by atoms with van der Waals surface area (Å²) in [6.45, 7) is 0.846. The highest BCUT2D eigenvalue weighted by atomic mass is 35.5. The van der Waals surface area contributed by atoms with E-state index in [-0.39, 0.29) is 10.6 Å². The van der Waals surface area contributed by atoms with Gasteiger partial charge in [-0.05, 0) is 18.6 Å². The van der Waals surface area contributed by atoms with Gasteiger partial charge in [-0.3, -0.25) is 4.79 Å². The van der Waals surface area contributed by atoms with Crippen molar-refractivity contribution in [3.8, 4) is 0 Å². The lowest BCUT2D eigenvalue weighted by molar-refractivity contribution is 0.675. The maximum Gasteiger partial charge on any atom is 0.287 e. The van der Waals surface area contributed by atoms with Crippen LogP contribution in [-0.2, 0) is 7.05 Å². The molecule has 1 fully saturated rings. The molecule has 1 saturated heterocycles. The first-order chi connectivity index (χ1) is 8.18. The van der Waals surface area contributed by atoms with Crippen LogP contribution in [0.25, 0.3) is 0 Å². The van der Waals surface area contributed by atoms with Crippen molar-refractivity contribution in [2.75, 3.05) is 17.6 Å². The Morgan fingerprint density at radius 1 is 1.65 bits per heavy atom. The second-order valence-corrected chi connectivity index (χ2v) is 5.96. The van der Waals surface area contributed by atoms with Gasteiger partial charge in [0.1, 0.15) is 5.02 Å². The summed E-state index contributed by atoms with van der Waals surface area (Å²) in [5, 5.41) is 8.02. The van der Waals surface area contributed by atoms with Crippen LogP contribution in [-0.4, -0.2) is 27.3 Å². The molecule has 94 valence electrons. The van der Waals surface area contributed by atoms with Crippen LogP contribution in [0.5, 0.6) is 0 Å². The van der Waals surface area contributed by atoms with Gasteiger partial charge in [0, 0.05) is 18.8 Å². The van der Waals surface area contributed by atoms with Crippen LogP contribution in [0, 0.1) is 0 Å². The molecule has 2 heterocycles.